The number of para-hydroxylation sites is 2. The average Bonchev–Trinajstić information content (AvgIpc) is 2.47. The molecule has 0 aliphatic heterocycles. The number of rotatable bonds is 4. The number of nitrogens with zero attached hydrogens (tertiary/aromatic N) is 1. The van der Waals surface area contributed by atoms with Gasteiger partial charge in [0.15, 0.2) is 11.5 Å². The summed E-state index contributed by atoms with van der Waals surface area (Å²) >= 11 is 0. The third-order valence-electron chi connectivity index (χ3n) is 2.76. The summed E-state index contributed by atoms with van der Waals surface area (Å²) in [5.41, 5.74) is 0.882. The van der Waals surface area contributed by atoms with E-state index in [4.69, 9.17) is 9.47 Å². The van der Waals surface area contributed by atoms with Crippen LogP contribution in [-0.4, -0.2) is 30.6 Å². The van der Waals surface area contributed by atoms with Gasteiger partial charge in [-0.2, -0.15) is 0 Å². The molecule has 0 radical (unpaired) electrons. The number of benzene rings is 2. The molecule has 0 aliphatic carbocycles. The minimum Gasteiger partial charge on any atom is -0.507 e. The van der Waals surface area contributed by atoms with E-state index in [1.54, 1.807) is 30.3 Å². The minimum absolute atomic E-state index is 0.0156. The van der Waals surface area contributed by atoms with Crippen LogP contribution in [0.5, 0.6) is 23.0 Å². The monoisotopic (exact) mass is 273 g/mol. The summed E-state index contributed by atoms with van der Waals surface area (Å²) in [6, 6.07) is 9.75. The average molecular weight is 273 g/mol. The van der Waals surface area contributed by atoms with E-state index < -0.39 is 0 Å². The Hall–Kier alpha value is -2.69. The van der Waals surface area contributed by atoms with Crippen molar-refractivity contribution in [1.29, 1.82) is 0 Å². The molecule has 0 fully saturated rings. The molecular formula is C15H15NO4. The van der Waals surface area contributed by atoms with Gasteiger partial charge < -0.3 is 19.7 Å². The van der Waals surface area contributed by atoms with Crippen molar-refractivity contribution in [1.82, 2.24) is 0 Å². The second-order valence-corrected chi connectivity index (χ2v) is 4.01. The molecule has 20 heavy (non-hydrogen) atoms. The van der Waals surface area contributed by atoms with E-state index >= 15 is 0 Å². The molecule has 104 valence electrons. The maximum absolute atomic E-state index is 9.90. The number of aliphatic imine (C=N–C) groups is 1. The van der Waals surface area contributed by atoms with Gasteiger partial charge in [-0.1, -0.05) is 12.1 Å². The van der Waals surface area contributed by atoms with Crippen LogP contribution in [-0.2, 0) is 0 Å². The maximum Gasteiger partial charge on any atom is 0.164 e. The molecule has 2 rings (SSSR count). The van der Waals surface area contributed by atoms with Crippen LogP contribution in [0.15, 0.2) is 41.4 Å². The molecule has 5 heteroatoms. The fourth-order valence-corrected chi connectivity index (χ4v) is 1.70. The van der Waals surface area contributed by atoms with Gasteiger partial charge in [0.05, 0.1) is 14.2 Å². The normalized spacial score (nSPS) is 10.7. The number of aromatic hydroxyl groups is 2. The lowest BCUT2D eigenvalue weighted by Gasteiger charge is -2.09. The van der Waals surface area contributed by atoms with Gasteiger partial charge in [0.25, 0.3) is 0 Å². The Bertz CT molecular complexity index is 638. The number of phenolic OH excluding ortho intramolecular Hbond substituents is 2. The molecule has 0 unspecified atom stereocenters. The molecule has 0 saturated carbocycles. The van der Waals surface area contributed by atoms with E-state index in [1.165, 1.54) is 26.5 Å². The third kappa shape index (κ3) is 2.83. The zero-order chi connectivity index (χ0) is 14.5. The highest BCUT2D eigenvalue weighted by molar-refractivity contribution is 5.87. The summed E-state index contributed by atoms with van der Waals surface area (Å²) in [5, 5.41) is 19.5. The third-order valence-corrected chi connectivity index (χ3v) is 2.76. The zero-order valence-electron chi connectivity index (χ0n) is 11.2. The van der Waals surface area contributed by atoms with Crippen LogP contribution in [0.3, 0.4) is 0 Å². The highest BCUT2D eigenvalue weighted by Gasteiger charge is 2.09. The van der Waals surface area contributed by atoms with E-state index in [2.05, 4.69) is 4.99 Å². The predicted molar refractivity (Wildman–Crippen MR) is 76.6 cm³/mol. The van der Waals surface area contributed by atoms with Crippen molar-refractivity contribution in [3.63, 3.8) is 0 Å². The molecular weight excluding hydrogens is 258 g/mol. The molecule has 0 spiro atoms. The lowest BCUT2D eigenvalue weighted by atomic mass is 10.2. The van der Waals surface area contributed by atoms with Crippen molar-refractivity contribution in [3.05, 3.63) is 42.0 Å². The molecule has 0 bridgehead atoms. The molecule has 2 N–H and O–H groups in total. The van der Waals surface area contributed by atoms with E-state index in [9.17, 15) is 10.2 Å². The molecule has 0 aromatic heterocycles. The van der Waals surface area contributed by atoms with Crippen molar-refractivity contribution in [2.24, 2.45) is 4.99 Å². The summed E-state index contributed by atoms with van der Waals surface area (Å²) in [6.45, 7) is 0. The number of hydrogen-bond acceptors (Lipinski definition) is 5. The van der Waals surface area contributed by atoms with E-state index in [0.717, 1.165) is 0 Å². The fourth-order valence-electron chi connectivity index (χ4n) is 1.70. The molecule has 0 saturated heterocycles. The number of hydrogen-bond donors (Lipinski definition) is 2. The Kier molecular flexibility index (Phi) is 4.10. The standard InChI is InChI=1S/C15H15NO4/c1-19-14-7-10(13(18)8-15(14)20-2)9-16-11-5-3-4-6-12(11)17/h3-9,17-18H,1-2H3. The van der Waals surface area contributed by atoms with E-state index in [0.29, 0.717) is 22.7 Å². The molecule has 2 aromatic rings. The first-order valence-corrected chi connectivity index (χ1v) is 5.92. The van der Waals surface area contributed by atoms with Gasteiger partial charge in [0.2, 0.25) is 0 Å². The molecule has 5 nitrogen and oxygen atoms in total. The second-order valence-electron chi connectivity index (χ2n) is 4.01. The Balaban J connectivity index is 2.36. The maximum atomic E-state index is 9.90. The van der Waals surface area contributed by atoms with Crippen molar-refractivity contribution in [2.45, 2.75) is 0 Å². The van der Waals surface area contributed by atoms with Crippen LogP contribution in [0.2, 0.25) is 0 Å². The van der Waals surface area contributed by atoms with Gasteiger partial charge in [0.1, 0.15) is 17.2 Å². The molecule has 0 atom stereocenters. The Labute approximate surface area is 116 Å². The smallest absolute Gasteiger partial charge is 0.164 e. The Morgan fingerprint density at radius 1 is 0.950 bits per heavy atom. The number of methoxy groups -OCH3 is 2. The summed E-state index contributed by atoms with van der Waals surface area (Å²) in [7, 11) is 3.01. The predicted octanol–water partition coefficient (Wildman–Crippen LogP) is 2.87. The quantitative estimate of drug-likeness (QED) is 0.840. The zero-order valence-corrected chi connectivity index (χ0v) is 11.2. The van der Waals surface area contributed by atoms with Crippen LogP contribution < -0.4 is 9.47 Å². The molecule has 2 aromatic carbocycles. The van der Waals surface area contributed by atoms with Gasteiger partial charge >= 0.3 is 0 Å². The topological polar surface area (TPSA) is 71.3 Å². The first-order valence-electron chi connectivity index (χ1n) is 5.92. The lowest BCUT2D eigenvalue weighted by molar-refractivity contribution is 0.351. The SMILES string of the molecule is COc1cc(O)c(C=Nc2ccccc2O)cc1OC. The lowest BCUT2D eigenvalue weighted by Crippen LogP contribution is -1.93. The van der Waals surface area contributed by atoms with Gasteiger partial charge in [-0.15, -0.1) is 0 Å². The Morgan fingerprint density at radius 2 is 1.60 bits per heavy atom. The second kappa shape index (κ2) is 5.97. The van der Waals surface area contributed by atoms with Crippen molar-refractivity contribution in [3.8, 4) is 23.0 Å². The van der Waals surface area contributed by atoms with Gasteiger partial charge in [-0.3, -0.25) is 4.99 Å². The number of ether oxygens (including phenoxy) is 2. The Morgan fingerprint density at radius 3 is 2.25 bits per heavy atom. The molecule has 0 heterocycles. The van der Waals surface area contributed by atoms with Crippen LogP contribution >= 0.6 is 0 Å². The summed E-state index contributed by atoms with van der Waals surface area (Å²) in [4.78, 5) is 4.14. The van der Waals surface area contributed by atoms with E-state index in [-0.39, 0.29) is 11.5 Å². The van der Waals surface area contributed by atoms with Gasteiger partial charge in [-0.05, 0) is 18.2 Å². The summed E-state index contributed by atoms with van der Waals surface area (Å²) in [6.07, 6.45) is 1.45. The van der Waals surface area contributed by atoms with Gasteiger partial charge in [0, 0.05) is 17.8 Å². The minimum atomic E-state index is 0.0156. The fraction of sp³-hybridized carbons (Fsp3) is 0.133. The first-order chi connectivity index (χ1) is 9.65. The molecule has 0 amide bonds. The van der Waals surface area contributed by atoms with Crippen molar-refractivity contribution >= 4 is 11.9 Å². The molecule has 0 aliphatic rings. The summed E-state index contributed by atoms with van der Waals surface area (Å²) in [5.74, 6) is 1.01. The van der Waals surface area contributed by atoms with Crippen LogP contribution in [0.1, 0.15) is 5.56 Å². The van der Waals surface area contributed by atoms with Crippen LogP contribution in [0.4, 0.5) is 5.69 Å². The largest absolute Gasteiger partial charge is 0.507 e. The van der Waals surface area contributed by atoms with Crippen molar-refractivity contribution < 1.29 is 19.7 Å². The van der Waals surface area contributed by atoms with E-state index in [1.807, 2.05) is 0 Å². The van der Waals surface area contributed by atoms with Gasteiger partial charge in [-0.25, -0.2) is 0 Å². The van der Waals surface area contributed by atoms with Crippen molar-refractivity contribution in [2.75, 3.05) is 14.2 Å². The van der Waals surface area contributed by atoms with Crippen LogP contribution in [0, 0.1) is 0 Å². The first kappa shape index (κ1) is 13.7. The highest BCUT2D eigenvalue weighted by atomic mass is 16.5. The highest BCUT2D eigenvalue weighted by Crippen LogP contribution is 2.33. The van der Waals surface area contributed by atoms with Crippen LogP contribution in [0.25, 0.3) is 0 Å². The summed E-state index contributed by atoms with van der Waals surface area (Å²) < 4.78 is 10.2. The number of phenols is 2.